The number of nitrogens with one attached hydrogen (secondary N) is 2. The van der Waals surface area contributed by atoms with Crippen LogP contribution in [0.15, 0.2) is 35.5 Å². The zero-order valence-corrected chi connectivity index (χ0v) is 13.7. The first-order valence-corrected chi connectivity index (χ1v) is 7.40. The summed E-state index contributed by atoms with van der Waals surface area (Å²) in [5.41, 5.74) is 8.48. The predicted molar refractivity (Wildman–Crippen MR) is 96.7 cm³/mol. The van der Waals surface area contributed by atoms with Crippen molar-refractivity contribution in [2.24, 2.45) is 4.99 Å². The molecule has 0 unspecified atom stereocenters. The lowest BCUT2D eigenvalue weighted by molar-refractivity contribution is 0.421. The highest BCUT2D eigenvalue weighted by molar-refractivity contribution is 5.88. The van der Waals surface area contributed by atoms with Crippen molar-refractivity contribution in [2.45, 2.75) is 0 Å². The summed E-state index contributed by atoms with van der Waals surface area (Å²) in [5.74, 6) is 1.27. The molecule has 0 aliphatic rings. The Morgan fingerprint density at radius 3 is 2.83 bits per heavy atom. The summed E-state index contributed by atoms with van der Waals surface area (Å²) in [5, 5.41) is 6.11. The first-order valence-electron chi connectivity index (χ1n) is 7.40. The number of nitrogens with zero attached hydrogens (tertiary/aromatic N) is 4. The Labute approximate surface area is 136 Å². The van der Waals surface area contributed by atoms with E-state index in [1.165, 1.54) is 0 Å². The Kier molecular flexibility index (Phi) is 5.87. The standard InChI is InChI=1S/C16H23N7/c1-18-15-6-7-20-16(22-15)21-13-5-4-12(14(17)10-13)11-19-8-9-23(2)3/h4-7,10-11H,8-9,17H2,1-3H3,(H2,18,20,21,22). The van der Waals surface area contributed by atoms with E-state index in [9.17, 15) is 0 Å². The van der Waals surface area contributed by atoms with Crippen LogP contribution in [0.4, 0.5) is 23.1 Å². The predicted octanol–water partition coefficient (Wildman–Crippen LogP) is 1.82. The summed E-state index contributed by atoms with van der Waals surface area (Å²) < 4.78 is 0. The van der Waals surface area contributed by atoms with Crippen LogP contribution >= 0.6 is 0 Å². The maximum atomic E-state index is 6.08. The van der Waals surface area contributed by atoms with Crippen LogP contribution in [0.2, 0.25) is 0 Å². The second-order valence-electron chi connectivity index (χ2n) is 5.32. The lowest BCUT2D eigenvalue weighted by Crippen LogP contribution is -2.15. The van der Waals surface area contributed by atoms with Gasteiger partial charge in [-0.05, 0) is 38.4 Å². The van der Waals surface area contributed by atoms with E-state index in [0.29, 0.717) is 11.6 Å². The molecule has 2 aromatic rings. The molecule has 7 heteroatoms. The summed E-state index contributed by atoms with van der Waals surface area (Å²) in [6.45, 7) is 1.66. The highest BCUT2D eigenvalue weighted by Gasteiger charge is 2.02. The lowest BCUT2D eigenvalue weighted by atomic mass is 10.2. The molecule has 0 bridgehead atoms. The van der Waals surface area contributed by atoms with Crippen molar-refractivity contribution in [3.05, 3.63) is 36.0 Å². The summed E-state index contributed by atoms with van der Waals surface area (Å²) >= 11 is 0. The second kappa shape index (κ2) is 8.09. The van der Waals surface area contributed by atoms with Crippen LogP contribution in [-0.2, 0) is 0 Å². The van der Waals surface area contributed by atoms with Crippen LogP contribution in [-0.4, -0.2) is 55.3 Å². The van der Waals surface area contributed by atoms with Gasteiger partial charge >= 0.3 is 0 Å². The molecule has 0 spiro atoms. The lowest BCUT2D eigenvalue weighted by Gasteiger charge is -2.08. The van der Waals surface area contributed by atoms with Crippen molar-refractivity contribution in [3.8, 4) is 0 Å². The Balaban J connectivity index is 2.03. The fraction of sp³-hybridized carbons (Fsp3) is 0.312. The van der Waals surface area contributed by atoms with Crippen molar-refractivity contribution in [1.29, 1.82) is 0 Å². The molecule has 0 fully saturated rings. The first-order chi connectivity index (χ1) is 11.1. The summed E-state index contributed by atoms with van der Waals surface area (Å²) in [4.78, 5) is 15.0. The van der Waals surface area contributed by atoms with E-state index < -0.39 is 0 Å². The number of nitrogen functional groups attached to an aromatic ring is 1. The highest BCUT2D eigenvalue weighted by atomic mass is 15.1. The minimum absolute atomic E-state index is 0.517. The van der Waals surface area contributed by atoms with Crippen LogP contribution in [0.25, 0.3) is 0 Å². The maximum absolute atomic E-state index is 6.08. The van der Waals surface area contributed by atoms with Gasteiger partial charge in [0.25, 0.3) is 0 Å². The fourth-order valence-electron chi connectivity index (χ4n) is 1.88. The Morgan fingerprint density at radius 2 is 2.13 bits per heavy atom. The van der Waals surface area contributed by atoms with Gasteiger partial charge in [0, 0.05) is 42.9 Å². The van der Waals surface area contributed by atoms with Crippen LogP contribution in [0.3, 0.4) is 0 Å². The smallest absolute Gasteiger partial charge is 0.229 e. The van der Waals surface area contributed by atoms with E-state index in [4.69, 9.17) is 5.73 Å². The van der Waals surface area contributed by atoms with E-state index in [-0.39, 0.29) is 0 Å². The third kappa shape index (κ3) is 5.23. The van der Waals surface area contributed by atoms with Crippen LogP contribution in [0.1, 0.15) is 5.56 Å². The van der Waals surface area contributed by atoms with Crippen molar-refractivity contribution in [1.82, 2.24) is 14.9 Å². The van der Waals surface area contributed by atoms with E-state index in [1.807, 2.05) is 39.3 Å². The van der Waals surface area contributed by atoms with Gasteiger partial charge in [-0.2, -0.15) is 4.98 Å². The van der Waals surface area contributed by atoms with Gasteiger partial charge in [0.15, 0.2) is 0 Å². The molecular formula is C16H23N7. The number of anilines is 4. The number of benzene rings is 1. The van der Waals surface area contributed by atoms with Gasteiger partial charge < -0.3 is 21.3 Å². The molecule has 0 saturated carbocycles. The minimum atomic E-state index is 0.517. The summed E-state index contributed by atoms with van der Waals surface area (Å²) in [7, 11) is 5.86. The van der Waals surface area contributed by atoms with Gasteiger partial charge in [0.1, 0.15) is 5.82 Å². The average molecular weight is 313 g/mol. The molecule has 23 heavy (non-hydrogen) atoms. The fourth-order valence-corrected chi connectivity index (χ4v) is 1.88. The SMILES string of the molecule is CNc1ccnc(Nc2ccc(C=NCCN(C)C)c(N)c2)n1. The van der Waals surface area contributed by atoms with E-state index in [0.717, 1.165) is 30.2 Å². The van der Waals surface area contributed by atoms with Crippen LogP contribution < -0.4 is 16.4 Å². The third-order valence-electron chi connectivity index (χ3n) is 3.16. The van der Waals surface area contributed by atoms with Crippen LogP contribution in [0, 0.1) is 0 Å². The largest absolute Gasteiger partial charge is 0.398 e. The molecule has 0 aliphatic carbocycles. The molecule has 2 rings (SSSR count). The Morgan fingerprint density at radius 1 is 1.30 bits per heavy atom. The zero-order chi connectivity index (χ0) is 16.7. The van der Waals surface area contributed by atoms with Gasteiger partial charge in [-0.1, -0.05) is 0 Å². The molecule has 0 aliphatic heterocycles. The molecule has 1 heterocycles. The molecular weight excluding hydrogens is 290 g/mol. The average Bonchev–Trinajstić information content (AvgIpc) is 2.53. The molecule has 4 N–H and O–H groups in total. The van der Waals surface area contributed by atoms with Crippen molar-refractivity contribution in [3.63, 3.8) is 0 Å². The Bertz CT molecular complexity index is 667. The summed E-state index contributed by atoms with van der Waals surface area (Å²) in [6, 6.07) is 7.51. The van der Waals surface area contributed by atoms with Crippen molar-refractivity contribution < 1.29 is 0 Å². The van der Waals surface area contributed by atoms with Gasteiger partial charge in [-0.15, -0.1) is 0 Å². The second-order valence-corrected chi connectivity index (χ2v) is 5.32. The van der Waals surface area contributed by atoms with Crippen molar-refractivity contribution in [2.75, 3.05) is 50.6 Å². The molecule has 7 nitrogen and oxygen atoms in total. The third-order valence-corrected chi connectivity index (χ3v) is 3.16. The molecule has 1 aromatic heterocycles. The van der Waals surface area contributed by atoms with Gasteiger partial charge in [0.05, 0.1) is 6.54 Å². The number of hydrogen-bond donors (Lipinski definition) is 3. The van der Waals surface area contributed by atoms with Gasteiger partial charge in [0.2, 0.25) is 5.95 Å². The quantitative estimate of drug-likeness (QED) is 0.533. The monoisotopic (exact) mass is 313 g/mol. The number of aliphatic imine (C=N–C) groups is 1. The molecule has 122 valence electrons. The number of rotatable bonds is 7. The Hall–Kier alpha value is -2.67. The number of aromatic nitrogens is 2. The van der Waals surface area contributed by atoms with Gasteiger partial charge in [-0.25, -0.2) is 4.98 Å². The molecule has 0 atom stereocenters. The van der Waals surface area contributed by atoms with E-state index >= 15 is 0 Å². The molecule has 0 amide bonds. The highest BCUT2D eigenvalue weighted by Crippen LogP contribution is 2.19. The molecule has 1 aromatic carbocycles. The minimum Gasteiger partial charge on any atom is -0.398 e. The maximum Gasteiger partial charge on any atom is 0.229 e. The molecule has 0 saturated heterocycles. The number of nitrogens with two attached hydrogens (primary N) is 1. The normalized spacial score (nSPS) is 11.1. The van der Waals surface area contributed by atoms with Crippen LogP contribution in [0.5, 0.6) is 0 Å². The van der Waals surface area contributed by atoms with Crippen molar-refractivity contribution >= 4 is 29.4 Å². The first kappa shape index (κ1) is 16.7. The number of likely N-dealkylation sites (N-methyl/N-ethyl adjacent to an activating group) is 1. The molecule has 0 radical (unpaired) electrons. The topological polar surface area (TPSA) is 91.5 Å². The zero-order valence-electron chi connectivity index (χ0n) is 13.7. The number of hydrogen-bond acceptors (Lipinski definition) is 7. The van der Waals surface area contributed by atoms with E-state index in [2.05, 4.69) is 30.5 Å². The van der Waals surface area contributed by atoms with Gasteiger partial charge in [-0.3, -0.25) is 4.99 Å². The summed E-state index contributed by atoms with van der Waals surface area (Å²) in [6.07, 6.45) is 3.50. The van der Waals surface area contributed by atoms with E-state index in [1.54, 1.807) is 18.5 Å².